The molecule has 1 aromatic heterocycles. The number of pyridine rings is 1. The van der Waals surface area contributed by atoms with Gasteiger partial charge in [0.2, 0.25) is 0 Å². The molecule has 0 N–H and O–H groups in total. The Morgan fingerprint density at radius 1 is 1.47 bits per heavy atom. The first-order valence-corrected chi connectivity index (χ1v) is 5.54. The summed E-state index contributed by atoms with van der Waals surface area (Å²) in [5.41, 5.74) is -0.598. The molecule has 0 spiro atoms. The minimum Gasteiger partial charge on any atom is -0.663 e. The number of ether oxygens (including phenoxy) is 1. The summed E-state index contributed by atoms with van der Waals surface area (Å²) in [5.74, 6) is -1.50. The van der Waals surface area contributed by atoms with Crippen LogP contribution in [0, 0.1) is 5.82 Å². The number of carbonyl (C=O) groups is 1. The van der Waals surface area contributed by atoms with Gasteiger partial charge in [-0.3, -0.25) is 4.79 Å². The molecule has 0 saturated heterocycles. The Balaban J connectivity index is 0.00000180. The summed E-state index contributed by atoms with van der Waals surface area (Å²) in [6, 6.07) is 2.21. The molecule has 19 heavy (non-hydrogen) atoms. The van der Waals surface area contributed by atoms with Crippen molar-refractivity contribution >= 4 is 28.5 Å². The Morgan fingerprint density at radius 3 is 2.79 bits per heavy atom. The molecule has 0 aliphatic carbocycles. The van der Waals surface area contributed by atoms with Crippen LogP contribution in [0.5, 0.6) is 0 Å². The second kappa shape index (κ2) is 6.96. The molecule has 4 nitrogen and oxygen atoms in total. The van der Waals surface area contributed by atoms with Gasteiger partial charge < -0.3 is 9.72 Å². The molecule has 0 radical (unpaired) electrons. The number of nitrogens with zero attached hydrogens (tertiary/aromatic N) is 1. The summed E-state index contributed by atoms with van der Waals surface area (Å²) in [4.78, 5) is 27.3. The average Bonchev–Trinajstić information content (AvgIpc) is 2.32. The number of halogens is 2. The second-order valence-electron chi connectivity index (χ2n) is 3.50. The number of benzene rings is 1. The van der Waals surface area contributed by atoms with Crippen molar-refractivity contribution in [2.75, 3.05) is 6.61 Å². The van der Waals surface area contributed by atoms with Crippen LogP contribution < -0.4 is 61.8 Å². The normalized spacial score (nSPS) is 10.1. The van der Waals surface area contributed by atoms with E-state index in [0.717, 1.165) is 12.3 Å². The van der Waals surface area contributed by atoms with Gasteiger partial charge in [-0.05, 0) is 13.0 Å². The first-order chi connectivity index (χ1) is 8.54. The molecule has 0 fully saturated rings. The summed E-state index contributed by atoms with van der Waals surface area (Å²) in [5, 5.41) is -0.124. The fourth-order valence-electron chi connectivity index (χ4n) is 1.52. The molecule has 0 aliphatic rings. The maximum atomic E-state index is 13.3. The molecule has 2 rings (SSSR count). The van der Waals surface area contributed by atoms with Crippen molar-refractivity contribution in [3.05, 3.63) is 45.0 Å². The van der Waals surface area contributed by atoms with Gasteiger partial charge in [0, 0.05) is 5.39 Å². The van der Waals surface area contributed by atoms with Gasteiger partial charge in [-0.15, -0.1) is 5.52 Å². The molecular formula is C12H8ClFKNO3. The molecule has 7 heteroatoms. The van der Waals surface area contributed by atoms with E-state index in [-0.39, 0.29) is 79.5 Å². The molecule has 94 valence electrons. The van der Waals surface area contributed by atoms with Crippen LogP contribution in [0.4, 0.5) is 4.39 Å². The Hall–Kier alpha value is -0.244. The van der Waals surface area contributed by atoms with Crippen molar-refractivity contribution in [3.63, 3.8) is 0 Å². The monoisotopic (exact) mass is 307 g/mol. The van der Waals surface area contributed by atoms with Crippen molar-refractivity contribution in [3.8, 4) is 0 Å². The van der Waals surface area contributed by atoms with Crippen molar-refractivity contribution in [1.82, 2.24) is 4.98 Å². The van der Waals surface area contributed by atoms with Gasteiger partial charge in [0.25, 0.3) is 0 Å². The third-order valence-electron chi connectivity index (χ3n) is 2.36. The van der Waals surface area contributed by atoms with E-state index in [1.165, 1.54) is 6.07 Å². The molecule has 0 aliphatic heterocycles. The Bertz CT molecular complexity index is 686. The van der Waals surface area contributed by atoms with Crippen LogP contribution in [0.2, 0.25) is 5.02 Å². The number of aromatic nitrogens is 1. The third-order valence-corrected chi connectivity index (χ3v) is 2.65. The number of rotatable bonds is 2. The Labute approximate surface area is 155 Å². The van der Waals surface area contributed by atoms with Crippen LogP contribution in [0.25, 0.3) is 10.9 Å². The summed E-state index contributed by atoms with van der Waals surface area (Å²) < 4.78 is 18.0. The molecule has 0 bridgehead atoms. The zero-order valence-electron chi connectivity index (χ0n) is 10.4. The molecule has 0 amide bonds. The van der Waals surface area contributed by atoms with Gasteiger partial charge in [-0.25, -0.2) is 9.18 Å². The maximum absolute atomic E-state index is 13.3. The zero-order chi connectivity index (χ0) is 13.3. The van der Waals surface area contributed by atoms with E-state index in [1.807, 2.05) is 0 Å². The summed E-state index contributed by atoms with van der Waals surface area (Å²) >= 11 is 5.58. The quantitative estimate of drug-likeness (QED) is 0.535. The van der Waals surface area contributed by atoms with Crippen LogP contribution in [0.1, 0.15) is 17.3 Å². The minimum atomic E-state index is -0.771. The smallest absolute Gasteiger partial charge is 0.663 e. The second-order valence-corrected chi connectivity index (χ2v) is 3.91. The first-order valence-electron chi connectivity index (χ1n) is 5.16. The van der Waals surface area contributed by atoms with Gasteiger partial charge in [-0.1, -0.05) is 17.7 Å². The molecule has 0 atom stereocenters. The summed E-state index contributed by atoms with van der Waals surface area (Å²) in [6.45, 7) is 1.77. The van der Waals surface area contributed by atoms with Gasteiger partial charge in [0.1, 0.15) is 5.82 Å². The summed E-state index contributed by atoms with van der Waals surface area (Å²) in [7, 11) is 0. The van der Waals surface area contributed by atoms with E-state index in [2.05, 4.69) is 4.98 Å². The predicted molar refractivity (Wildman–Crippen MR) is 64.5 cm³/mol. The Kier molecular flexibility index (Phi) is 6.16. The molecule has 0 unspecified atom stereocenters. The average molecular weight is 308 g/mol. The van der Waals surface area contributed by atoms with E-state index in [9.17, 15) is 14.0 Å². The largest absolute Gasteiger partial charge is 1.00 e. The van der Waals surface area contributed by atoms with Gasteiger partial charge >= 0.3 is 57.4 Å². The fraction of sp³-hybridized carbons (Fsp3) is 0.167. The number of hydrogen-bond acceptors (Lipinski definition) is 3. The standard InChI is InChI=1S/C12H9ClFNO3.K/c1-2-18-12(17)7-5-15-10-4-8(13)9(14)3-6(10)11(7)16;/h3-5H,2H2,1H3,(H,15,16,17);/q;+1/p-1. The molecule has 2 aromatic rings. The van der Waals surface area contributed by atoms with Gasteiger partial charge in [0.05, 0.1) is 17.2 Å². The maximum Gasteiger partial charge on any atom is 1.00 e. The van der Waals surface area contributed by atoms with E-state index in [0.29, 0.717) is 0 Å². The van der Waals surface area contributed by atoms with Crippen LogP contribution in [-0.2, 0) is 4.74 Å². The van der Waals surface area contributed by atoms with Crippen molar-refractivity contribution in [2.24, 2.45) is 0 Å². The van der Waals surface area contributed by atoms with E-state index in [1.54, 1.807) is 6.92 Å². The number of esters is 1. The molecule has 1 aromatic carbocycles. The SMILES string of the molecule is CCOC(=O)c1c[n-]c2cc(Cl)c(F)cc2c1=O.[K+]. The van der Waals surface area contributed by atoms with Crippen molar-refractivity contribution in [2.45, 2.75) is 6.92 Å². The van der Waals surface area contributed by atoms with E-state index in [4.69, 9.17) is 16.3 Å². The number of carbonyl (C=O) groups excluding carboxylic acids is 1. The third kappa shape index (κ3) is 3.45. The number of fused-ring (bicyclic) bond motifs is 1. The zero-order valence-corrected chi connectivity index (χ0v) is 14.2. The van der Waals surface area contributed by atoms with Crippen molar-refractivity contribution in [1.29, 1.82) is 0 Å². The Morgan fingerprint density at radius 2 is 2.16 bits per heavy atom. The summed E-state index contributed by atoms with van der Waals surface area (Å²) in [6.07, 6.45) is 1.11. The van der Waals surface area contributed by atoms with Crippen LogP contribution in [0.3, 0.4) is 0 Å². The molecular weight excluding hydrogens is 300 g/mol. The predicted octanol–water partition coefficient (Wildman–Crippen LogP) is -0.870. The molecule has 1 heterocycles. The van der Waals surface area contributed by atoms with Gasteiger partial charge in [0.15, 0.2) is 5.43 Å². The van der Waals surface area contributed by atoms with Crippen LogP contribution >= 0.6 is 11.6 Å². The van der Waals surface area contributed by atoms with Crippen LogP contribution in [0.15, 0.2) is 23.1 Å². The van der Waals surface area contributed by atoms with Gasteiger partial charge in [-0.2, -0.15) is 6.20 Å². The topological polar surface area (TPSA) is 57.5 Å². The molecule has 0 saturated carbocycles. The first kappa shape index (κ1) is 16.8. The van der Waals surface area contributed by atoms with E-state index < -0.39 is 17.2 Å². The van der Waals surface area contributed by atoms with Crippen molar-refractivity contribution < 1.29 is 65.3 Å². The van der Waals surface area contributed by atoms with Crippen LogP contribution in [-0.4, -0.2) is 12.6 Å². The van der Waals surface area contributed by atoms with E-state index >= 15 is 0 Å². The minimum absolute atomic E-state index is 0. The number of hydrogen-bond donors (Lipinski definition) is 0. The fourth-order valence-corrected chi connectivity index (χ4v) is 1.67.